The number of hydrogen-bond donors (Lipinski definition) is 2. The van der Waals surface area contributed by atoms with Gasteiger partial charge in [0.05, 0.1) is 5.71 Å². The Kier molecular flexibility index (Phi) is 5.16. The Morgan fingerprint density at radius 3 is 2.65 bits per heavy atom. The maximum Gasteiger partial charge on any atom is 0.243 e. The second kappa shape index (κ2) is 7.08. The van der Waals surface area contributed by atoms with Crippen LogP contribution < -0.4 is 5.43 Å². The van der Waals surface area contributed by atoms with Crippen molar-refractivity contribution in [3.8, 4) is 5.75 Å². The van der Waals surface area contributed by atoms with Crippen LogP contribution >= 0.6 is 0 Å². The fourth-order valence-electron chi connectivity index (χ4n) is 2.63. The summed E-state index contributed by atoms with van der Waals surface area (Å²) < 4.78 is 0. The number of nitrogens with zero attached hydrogens (tertiary/aromatic N) is 1. The van der Waals surface area contributed by atoms with Crippen LogP contribution in [-0.4, -0.2) is 16.7 Å². The van der Waals surface area contributed by atoms with Crippen LogP contribution in [0.25, 0.3) is 0 Å². The van der Waals surface area contributed by atoms with Crippen LogP contribution in [0.3, 0.4) is 0 Å². The van der Waals surface area contributed by atoms with E-state index in [1.165, 1.54) is 6.42 Å². The van der Waals surface area contributed by atoms with Gasteiger partial charge in [-0.05, 0) is 31.4 Å². The molecule has 4 nitrogen and oxygen atoms in total. The molecule has 1 saturated carbocycles. The second-order valence-electron chi connectivity index (χ2n) is 5.24. The summed E-state index contributed by atoms with van der Waals surface area (Å²) in [6, 6.07) is 7.06. The standard InChI is InChI=1S/C16H22N2O2/c1-2-14(13-10-6-7-11-15(13)19)17-18-16(20)12-8-4-3-5-9-12/h6-7,10-12,19H,2-5,8-9H2,1H3,(H,18,20)/b17-14-. The first-order valence-electron chi connectivity index (χ1n) is 7.37. The molecular weight excluding hydrogens is 252 g/mol. The van der Waals surface area contributed by atoms with Gasteiger partial charge in [0, 0.05) is 11.5 Å². The van der Waals surface area contributed by atoms with Gasteiger partial charge in [-0.2, -0.15) is 5.10 Å². The molecule has 2 rings (SSSR count). The highest BCUT2D eigenvalue weighted by Gasteiger charge is 2.20. The Hall–Kier alpha value is -1.84. The van der Waals surface area contributed by atoms with Gasteiger partial charge in [0.15, 0.2) is 0 Å². The van der Waals surface area contributed by atoms with Crippen molar-refractivity contribution in [2.24, 2.45) is 11.0 Å². The third kappa shape index (κ3) is 3.59. The van der Waals surface area contributed by atoms with E-state index in [-0.39, 0.29) is 17.6 Å². The molecule has 0 saturated heterocycles. The molecule has 0 atom stereocenters. The predicted molar refractivity (Wildman–Crippen MR) is 79.7 cm³/mol. The minimum Gasteiger partial charge on any atom is -0.507 e. The molecule has 0 heterocycles. The molecule has 0 aromatic heterocycles. The van der Waals surface area contributed by atoms with E-state index >= 15 is 0 Å². The average Bonchev–Trinajstić information content (AvgIpc) is 2.50. The van der Waals surface area contributed by atoms with Gasteiger partial charge in [-0.15, -0.1) is 0 Å². The van der Waals surface area contributed by atoms with E-state index in [2.05, 4.69) is 10.5 Å². The Bertz CT molecular complexity index is 491. The lowest BCUT2D eigenvalue weighted by atomic mass is 9.89. The van der Waals surface area contributed by atoms with Crippen molar-refractivity contribution in [2.75, 3.05) is 0 Å². The van der Waals surface area contributed by atoms with Crippen LogP contribution in [0.1, 0.15) is 51.0 Å². The predicted octanol–water partition coefficient (Wildman–Crippen LogP) is 3.20. The van der Waals surface area contributed by atoms with Gasteiger partial charge in [0.1, 0.15) is 5.75 Å². The van der Waals surface area contributed by atoms with E-state index in [0.29, 0.717) is 17.7 Å². The van der Waals surface area contributed by atoms with Crippen LogP contribution in [0.4, 0.5) is 0 Å². The van der Waals surface area contributed by atoms with Gasteiger partial charge in [-0.3, -0.25) is 4.79 Å². The van der Waals surface area contributed by atoms with Crippen LogP contribution in [0, 0.1) is 5.92 Å². The van der Waals surface area contributed by atoms with Gasteiger partial charge in [0.25, 0.3) is 0 Å². The first-order valence-corrected chi connectivity index (χ1v) is 7.37. The fourth-order valence-corrected chi connectivity index (χ4v) is 2.63. The van der Waals surface area contributed by atoms with Crippen molar-refractivity contribution in [1.82, 2.24) is 5.43 Å². The zero-order valence-corrected chi connectivity index (χ0v) is 11.9. The highest BCUT2D eigenvalue weighted by atomic mass is 16.3. The minimum atomic E-state index is 0.00562. The van der Waals surface area contributed by atoms with Crippen molar-refractivity contribution in [2.45, 2.75) is 45.4 Å². The number of aromatic hydroxyl groups is 1. The zero-order valence-electron chi connectivity index (χ0n) is 11.9. The number of rotatable bonds is 4. The summed E-state index contributed by atoms with van der Waals surface area (Å²) in [4.78, 5) is 12.1. The second-order valence-corrected chi connectivity index (χ2v) is 5.24. The van der Waals surface area contributed by atoms with Crippen LogP contribution in [-0.2, 0) is 4.79 Å². The van der Waals surface area contributed by atoms with E-state index in [0.717, 1.165) is 25.7 Å². The van der Waals surface area contributed by atoms with Crippen molar-refractivity contribution < 1.29 is 9.90 Å². The number of carbonyl (C=O) groups is 1. The summed E-state index contributed by atoms with van der Waals surface area (Å²) in [6.45, 7) is 1.96. The molecule has 1 aromatic rings. The topological polar surface area (TPSA) is 61.7 Å². The molecule has 1 fully saturated rings. The number of phenols is 1. The van der Waals surface area contributed by atoms with Crippen LogP contribution in [0.15, 0.2) is 29.4 Å². The number of nitrogens with one attached hydrogen (secondary N) is 1. The summed E-state index contributed by atoms with van der Waals surface area (Å²) in [7, 11) is 0. The summed E-state index contributed by atoms with van der Waals surface area (Å²) in [5.74, 6) is 0.293. The molecule has 0 aliphatic heterocycles. The van der Waals surface area contributed by atoms with Crippen LogP contribution in [0.5, 0.6) is 5.75 Å². The minimum absolute atomic E-state index is 0.00562. The zero-order chi connectivity index (χ0) is 14.4. The molecule has 1 aliphatic carbocycles. The van der Waals surface area contributed by atoms with E-state index in [9.17, 15) is 9.90 Å². The first kappa shape index (κ1) is 14.6. The number of benzene rings is 1. The number of para-hydroxylation sites is 1. The quantitative estimate of drug-likeness (QED) is 0.654. The average molecular weight is 274 g/mol. The summed E-state index contributed by atoms with van der Waals surface area (Å²) >= 11 is 0. The number of hydrazone groups is 1. The van der Waals surface area contributed by atoms with Gasteiger partial charge >= 0.3 is 0 Å². The highest BCUT2D eigenvalue weighted by molar-refractivity contribution is 6.03. The number of hydrogen-bond acceptors (Lipinski definition) is 3. The smallest absolute Gasteiger partial charge is 0.243 e. The van der Waals surface area contributed by atoms with E-state index in [4.69, 9.17) is 0 Å². The normalized spacial score (nSPS) is 16.9. The maximum absolute atomic E-state index is 12.1. The molecule has 0 radical (unpaired) electrons. The summed E-state index contributed by atoms with van der Waals surface area (Å²) in [5.41, 5.74) is 4.05. The SMILES string of the molecule is CC/C(=N/NC(=O)C1CCCCC1)c1ccccc1O. The summed E-state index contributed by atoms with van der Waals surface area (Å²) in [6.07, 6.45) is 6.05. The molecule has 0 spiro atoms. The summed E-state index contributed by atoms with van der Waals surface area (Å²) in [5, 5.41) is 14.0. The molecule has 20 heavy (non-hydrogen) atoms. The van der Waals surface area contributed by atoms with Crippen molar-refractivity contribution >= 4 is 11.6 Å². The Labute approximate surface area is 119 Å². The van der Waals surface area contributed by atoms with Gasteiger partial charge in [-0.25, -0.2) is 5.43 Å². The molecule has 4 heteroatoms. The molecule has 1 aromatic carbocycles. The lowest BCUT2D eigenvalue weighted by molar-refractivity contribution is -0.125. The molecule has 0 unspecified atom stereocenters. The number of carbonyl (C=O) groups excluding carboxylic acids is 1. The lowest BCUT2D eigenvalue weighted by Gasteiger charge is -2.19. The number of amides is 1. The highest BCUT2D eigenvalue weighted by Crippen LogP contribution is 2.23. The monoisotopic (exact) mass is 274 g/mol. The van der Waals surface area contributed by atoms with E-state index in [1.54, 1.807) is 12.1 Å². The maximum atomic E-state index is 12.1. The van der Waals surface area contributed by atoms with Gasteiger partial charge in [0.2, 0.25) is 5.91 Å². The molecule has 1 aliphatic rings. The third-order valence-corrected chi connectivity index (χ3v) is 3.83. The molecule has 108 valence electrons. The largest absolute Gasteiger partial charge is 0.507 e. The van der Waals surface area contributed by atoms with E-state index in [1.807, 2.05) is 19.1 Å². The van der Waals surface area contributed by atoms with Gasteiger partial charge < -0.3 is 5.11 Å². The Balaban J connectivity index is 2.04. The first-order chi connectivity index (χ1) is 9.72. The molecule has 1 amide bonds. The molecule has 2 N–H and O–H groups in total. The van der Waals surface area contributed by atoms with Crippen molar-refractivity contribution in [3.05, 3.63) is 29.8 Å². The van der Waals surface area contributed by atoms with Crippen molar-refractivity contribution in [3.63, 3.8) is 0 Å². The van der Waals surface area contributed by atoms with Gasteiger partial charge in [-0.1, -0.05) is 38.3 Å². The third-order valence-electron chi connectivity index (χ3n) is 3.83. The molecule has 0 bridgehead atoms. The van der Waals surface area contributed by atoms with Crippen molar-refractivity contribution in [1.29, 1.82) is 0 Å². The fraction of sp³-hybridized carbons (Fsp3) is 0.500. The lowest BCUT2D eigenvalue weighted by Crippen LogP contribution is -2.29. The Morgan fingerprint density at radius 1 is 1.30 bits per heavy atom. The number of phenolic OH excluding ortho intramolecular Hbond substituents is 1. The Morgan fingerprint density at radius 2 is 2.00 bits per heavy atom. The van der Waals surface area contributed by atoms with E-state index < -0.39 is 0 Å². The van der Waals surface area contributed by atoms with Crippen LogP contribution in [0.2, 0.25) is 0 Å². The molecular formula is C16H22N2O2.